The van der Waals surface area contributed by atoms with Gasteiger partial charge in [-0.05, 0) is 19.3 Å². The van der Waals surface area contributed by atoms with Gasteiger partial charge in [-0.3, -0.25) is 14.4 Å². The number of alkyl halides is 1. The largest absolute Gasteiger partial charge is 0.347 e. The van der Waals surface area contributed by atoms with Gasteiger partial charge in [0.1, 0.15) is 12.7 Å². The molecule has 1 heterocycles. The van der Waals surface area contributed by atoms with E-state index < -0.39 is 24.4 Å². The van der Waals surface area contributed by atoms with Gasteiger partial charge in [0.2, 0.25) is 11.8 Å². The Kier molecular flexibility index (Phi) is 5.70. The highest BCUT2D eigenvalue weighted by Crippen LogP contribution is 2.17. The monoisotopic (exact) mass is 259 g/mol. The van der Waals surface area contributed by atoms with Crippen LogP contribution in [0.2, 0.25) is 0 Å². The van der Waals surface area contributed by atoms with Crippen LogP contribution >= 0.6 is 0 Å². The van der Waals surface area contributed by atoms with Crippen LogP contribution < -0.4 is 11.1 Å². The maximum absolute atomic E-state index is 12.0. The fraction of sp³-hybridized carbons (Fsp3) is 0.727. The summed E-state index contributed by atoms with van der Waals surface area (Å²) in [5.74, 6) is -1.39. The lowest BCUT2D eigenvalue weighted by Crippen LogP contribution is -2.54. The molecule has 2 amide bonds. The van der Waals surface area contributed by atoms with E-state index in [1.807, 2.05) is 0 Å². The van der Waals surface area contributed by atoms with Crippen molar-refractivity contribution in [2.45, 2.75) is 25.3 Å². The summed E-state index contributed by atoms with van der Waals surface area (Å²) in [6.45, 7) is -1.09. The Morgan fingerprint density at radius 1 is 1.33 bits per heavy atom. The van der Waals surface area contributed by atoms with Gasteiger partial charge >= 0.3 is 0 Å². The summed E-state index contributed by atoms with van der Waals surface area (Å²) in [6, 6.07) is -0.595. The SMILES string of the molecule is NCC(=O)N1CCCCC1C(=O)NCC(=O)CF. The lowest BCUT2D eigenvalue weighted by atomic mass is 10.0. The number of nitrogens with two attached hydrogens (primary N) is 1. The van der Waals surface area contributed by atoms with Crippen LogP contribution in [0.15, 0.2) is 0 Å². The van der Waals surface area contributed by atoms with E-state index in [0.29, 0.717) is 13.0 Å². The third-order valence-corrected chi connectivity index (χ3v) is 2.91. The Morgan fingerprint density at radius 2 is 2.06 bits per heavy atom. The van der Waals surface area contributed by atoms with E-state index in [1.165, 1.54) is 4.90 Å². The molecule has 0 radical (unpaired) electrons. The van der Waals surface area contributed by atoms with Gasteiger partial charge in [0, 0.05) is 6.54 Å². The molecule has 0 saturated carbocycles. The zero-order valence-corrected chi connectivity index (χ0v) is 10.2. The van der Waals surface area contributed by atoms with Gasteiger partial charge in [-0.2, -0.15) is 0 Å². The van der Waals surface area contributed by atoms with Crippen molar-refractivity contribution in [3.8, 4) is 0 Å². The van der Waals surface area contributed by atoms with Crippen molar-refractivity contribution in [3.63, 3.8) is 0 Å². The fourth-order valence-electron chi connectivity index (χ4n) is 1.97. The molecule has 0 aromatic heterocycles. The lowest BCUT2D eigenvalue weighted by Gasteiger charge is -2.34. The van der Waals surface area contributed by atoms with Gasteiger partial charge in [-0.15, -0.1) is 0 Å². The van der Waals surface area contributed by atoms with E-state index in [1.54, 1.807) is 0 Å². The van der Waals surface area contributed by atoms with Crippen molar-refractivity contribution in [1.82, 2.24) is 10.2 Å². The van der Waals surface area contributed by atoms with Gasteiger partial charge < -0.3 is 16.0 Å². The average molecular weight is 259 g/mol. The molecule has 1 fully saturated rings. The number of halogens is 1. The molecule has 3 N–H and O–H groups in total. The summed E-state index contributed by atoms with van der Waals surface area (Å²) >= 11 is 0. The number of carbonyl (C=O) groups excluding carboxylic acids is 3. The fourth-order valence-corrected chi connectivity index (χ4v) is 1.97. The third kappa shape index (κ3) is 3.76. The number of hydrogen-bond acceptors (Lipinski definition) is 4. The average Bonchev–Trinajstić information content (AvgIpc) is 2.43. The van der Waals surface area contributed by atoms with Gasteiger partial charge in [0.05, 0.1) is 13.1 Å². The molecule has 6 nitrogen and oxygen atoms in total. The summed E-state index contributed by atoms with van der Waals surface area (Å²) in [7, 11) is 0. The first-order chi connectivity index (χ1) is 8.60. The van der Waals surface area contributed by atoms with Crippen LogP contribution in [0.5, 0.6) is 0 Å². The molecule has 0 aromatic rings. The zero-order chi connectivity index (χ0) is 13.5. The predicted octanol–water partition coefficient (Wildman–Crippen LogP) is -1.02. The smallest absolute Gasteiger partial charge is 0.243 e. The normalized spacial score (nSPS) is 19.4. The molecule has 1 rings (SSSR count). The molecule has 7 heteroatoms. The standard InChI is InChI=1S/C11H18FN3O3/c12-5-8(16)7-14-11(18)9-3-1-2-4-15(9)10(17)6-13/h9H,1-7,13H2,(H,14,18). The Balaban J connectivity index is 2.57. The third-order valence-electron chi connectivity index (χ3n) is 2.91. The molecule has 0 spiro atoms. The van der Waals surface area contributed by atoms with Crippen LogP contribution in [0, 0.1) is 0 Å². The van der Waals surface area contributed by atoms with Crippen LogP contribution in [0.25, 0.3) is 0 Å². The van der Waals surface area contributed by atoms with Crippen molar-refractivity contribution in [2.75, 3.05) is 26.3 Å². The maximum Gasteiger partial charge on any atom is 0.243 e. The number of carbonyl (C=O) groups is 3. The molecule has 18 heavy (non-hydrogen) atoms. The van der Waals surface area contributed by atoms with Crippen molar-refractivity contribution in [3.05, 3.63) is 0 Å². The number of nitrogens with zero attached hydrogens (tertiary/aromatic N) is 1. The number of likely N-dealkylation sites (tertiary alicyclic amines) is 1. The Labute approximate surface area is 105 Å². The summed E-state index contributed by atoms with van der Waals surface area (Å²) < 4.78 is 12.0. The Morgan fingerprint density at radius 3 is 2.67 bits per heavy atom. The number of ketones is 1. The molecular formula is C11H18FN3O3. The number of Topliss-reactive ketones (excluding diaryl/α,β-unsaturated/α-hetero) is 1. The minimum absolute atomic E-state index is 0.146. The summed E-state index contributed by atoms with van der Waals surface area (Å²) in [5.41, 5.74) is 5.28. The van der Waals surface area contributed by atoms with Gasteiger partial charge in [-0.25, -0.2) is 4.39 Å². The molecular weight excluding hydrogens is 241 g/mol. The number of amides is 2. The molecule has 102 valence electrons. The number of piperidine rings is 1. The van der Waals surface area contributed by atoms with E-state index in [9.17, 15) is 18.8 Å². The molecule has 0 aliphatic carbocycles. The van der Waals surface area contributed by atoms with Crippen molar-refractivity contribution >= 4 is 17.6 Å². The Bertz CT molecular complexity index is 335. The van der Waals surface area contributed by atoms with Gasteiger partial charge in [0.15, 0.2) is 5.78 Å². The predicted molar refractivity (Wildman–Crippen MR) is 62.4 cm³/mol. The number of nitrogens with one attached hydrogen (secondary N) is 1. The Hall–Kier alpha value is -1.50. The molecule has 1 aliphatic heterocycles. The molecule has 1 atom stereocenters. The van der Waals surface area contributed by atoms with E-state index in [4.69, 9.17) is 5.73 Å². The van der Waals surface area contributed by atoms with E-state index in [2.05, 4.69) is 5.32 Å². The van der Waals surface area contributed by atoms with E-state index in [-0.39, 0.29) is 19.0 Å². The second-order valence-corrected chi connectivity index (χ2v) is 4.19. The molecule has 1 saturated heterocycles. The molecule has 1 aliphatic rings. The lowest BCUT2D eigenvalue weighted by molar-refractivity contribution is -0.141. The minimum Gasteiger partial charge on any atom is -0.347 e. The number of rotatable bonds is 5. The first-order valence-electron chi connectivity index (χ1n) is 5.95. The molecule has 0 aromatic carbocycles. The first-order valence-corrected chi connectivity index (χ1v) is 5.95. The highest BCUT2D eigenvalue weighted by molar-refractivity contribution is 5.91. The minimum atomic E-state index is -1.10. The van der Waals surface area contributed by atoms with Crippen molar-refractivity contribution < 1.29 is 18.8 Å². The molecule has 0 bridgehead atoms. The highest BCUT2D eigenvalue weighted by Gasteiger charge is 2.31. The highest BCUT2D eigenvalue weighted by atomic mass is 19.1. The second kappa shape index (κ2) is 7.05. The summed E-state index contributed by atoms with van der Waals surface area (Å²) in [6.07, 6.45) is 2.21. The van der Waals surface area contributed by atoms with Gasteiger partial charge in [0.25, 0.3) is 0 Å². The topological polar surface area (TPSA) is 92.5 Å². The second-order valence-electron chi connectivity index (χ2n) is 4.19. The van der Waals surface area contributed by atoms with Crippen LogP contribution in [0.4, 0.5) is 4.39 Å². The molecule has 1 unspecified atom stereocenters. The van der Waals surface area contributed by atoms with Gasteiger partial charge in [-0.1, -0.05) is 0 Å². The van der Waals surface area contributed by atoms with Crippen LogP contribution in [0.3, 0.4) is 0 Å². The van der Waals surface area contributed by atoms with Crippen LogP contribution in [0.1, 0.15) is 19.3 Å². The van der Waals surface area contributed by atoms with E-state index >= 15 is 0 Å². The van der Waals surface area contributed by atoms with E-state index in [0.717, 1.165) is 12.8 Å². The van der Waals surface area contributed by atoms with Crippen molar-refractivity contribution in [1.29, 1.82) is 0 Å². The maximum atomic E-state index is 12.0. The number of hydrogen-bond donors (Lipinski definition) is 2. The summed E-state index contributed by atoms with van der Waals surface area (Å²) in [4.78, 5) is 35.6. The van der Waals surface area contributed by atoms with Crippen molar-refractivity contribution in [2.24, 2.45) is 5.73 Å². The zero-order valence-electron chi connectivity index (χ0n) is 10.2. The summed E-state index contributed by atoms with van der Waals surface area (Å²) in [5, 5.41) is 2.35. The van der Waals surface area contributed by atoms with Crippen LogP contribution in [-0.4, -0.2) is 54.8 Å². The van der Waals surface area contributed by atoms with Crippen LogP contribution in [-0.2, 0) is 14.4 Å². The quantitative estimate of drug-likeness (QED) is 0.661. The first kappa shape index (κ1) is 14.6.